The van der Waals surface area contributed by atoms with Crippen LogP contribution in [0.1, 0.15) is 33.3 Å². The first kappa shape index (κ1) is 24.5. The SMILES string of the molecule is C=C/C(=C\C1=C(C)NC(C)N1C(C)C)c1cc(NC2=NC=C(CN3C[C@@H]4CN[C@@H]4C3)CN2)ncc1F. The molecule has 0 aromatic carbocycles. The first-order chi connectivity index (χ1) is 17.3. The highest BCUT2D eigenvalue weighted by atomic mass is 19.1. The fraction of sp³-hybridized carbons (Fsp3) is 0.481. The van der Waals surface area contributed by atoms with E-state index in [4.69, 9.17) is 0 Å². The van der Waals surface area contributed by atoms with Crippen molar-refractivity contribution in [3.63, 3.8) is 0 Å². The van der Waals surface area contributed by atoms with Gasteiger partial charge in [0.2, 0.25) is 5.96 Å². The van der Waals surface area contributed by atoms with Crippen molar-refractivity contribution in [2.75, 3.05) is 38.0 Å². The van der Waals surface area contributed by atoms with Crippen molar-refractivity contribution in [2.24, 2.45) is 10.9 Å². The number of fused-ring (bicyclic) bond motifs is 1. The van der Waals surface area contributed by atoms with Crippen molar-refractivity contribution in [2.45, 2.75) is 45.9 Å². The van der Waals surface area contributed by atoms with Gasteiger partial charge in [-0.2, -0.15) is 0 Å². The molecule has 0 aliphatic carbocycles. The topological polar surface area (TPSA) is 79.8 Å². The molecule has 0 saturated carbocycles. The van der Waals surface area contributed by atoms with Crippen LogP contribution in [0, 0.1) is 11.7 Å². The first-order valence-electron chi connectivity index (χ1n) is 12.8. The van der Waals surface area contributed by atoms with Gasteiger partial charge in [-0.15, -0.1) is 0 Å². The monoisotopic (exact) mass is 492 g/mol. The Hall–Kier alpha value is -3.17. The molecule has 4 aliphatic heterocycles. The Morgan fingerprint density at radius 3 is 2.81 bits per heavy atom. The van der Waals surface area contributed by atoms with Crippen molar-refractivity contribution < 1.29 is 4.39 Å². The Morgan fingerprint density at radius 2 is 2.19 bits per heavy atom. The summed E-state index contributed by atoms with van der Waals surface area (Å²) in [7, 11) is 0. The van der Waals surface area contributed by atoms with Gasteiger partial charge in [0.1, 0.15) is 11.6 Å². The molecule has 0 radical (unpaired) electrons. The molecular weight excluding hydrogens is 455 g/mol. The van der Waals surface area contributed by atoms with Crippen LogP contribution in [0.25, 0.3) is 5.57 Å². The molecule has 1 aromatic heterocycles. The van der Waals surface area contributed by atoms with E-state index in [1.54, 1.807) is 12.1 Å². The number of guanidine groups is 1. The number of allylic oxidation sites excluding steroid dienone is 4. The third-order valence-electron chi connectivity index (χ3n) is 7.43. The van der Waals surface area contributed by atoms with Crippen molar-refractivity contribution >= 4 is 17.4 Å². The van der Waals surface area contributed by atoms with Gasteiger partial charge in [-0.05, 0) is 51.0 Å². The van der Waals surface area contributed by atoms with Crippen LogP contribution in [0.5, 0.6) is 0 Å². The summed E-state index contributed by atoms with van der Waals surface area (Å²) in [4.78, 5) is 13.6. The summed E-state index contributed by atoms with van der Waals surface area (Å²) >= 11 is 0. The predicted octanol–water partition coefficient (Wildman–Crippen LogP) is 2.84. The van der Waals surface area contributed by atoms with Crippen LogP contribution in [0.2, 0.25) is 0 Å². The molecule has 5 heterocycles. The van der Waals surface area contributed by atoms with Crippen LogP contribution >= 0.6 is 0 Å². The van der Waals surface area contributed by atoms with Gasteiger partial charge in [0, 0.05) is 68.2 Å². The summed E-state index contributed by atoms with van der Waals surface area (Å²) in [6.07, 6.45) is 7.03. The molecule has 192 valence electrons. The number of hydrogen-bond acceptors (Lipinski definition) is 8. The zero-order valence-electron chi connectivity index (χ0n) is 21.6. The number of hydrogen-bond donors (Lipinski definition) is 4. The number of rotatable bonds is 7. The van der Waals surface area contributed by atoms with E-state index in [9.17, 15) is 4.39 Å². The molecule has 0 spiro atoms. The number of aliphatic imine (C=N–C) groups is 1. The van der Waals surface area contributed by atoms with Gasteiger partial charge >= 0.3 is 0 Å². The number of nitrogens with zero attached hydrogens (tertiary/aromatic N) is 4. The van der Waals surface area contributed by atoms with E-state index in [1.165, 1.54) is 11.8 Å². The molecular formula is C27H37FN8. The Bertz CT molecular complexity index is 1140. The van der Waals surface area contributed by atoms with E-state index in [2.05, 4.69) is 68.4 Å². The molecule has 2 saturated heterocycles. The fourth-order valence-corrected chi connectivity index (χ4v) is 5.59. The third-order valence-corrected chi connectivity index (χ3v) is 7.43. The van der Waals surface area contributed by atoms with Gasteiger partial charge in [-0.1, -0.05) is 12.7 Å². The molecule has 1 aromatic rings. The highest BCUT2D eigenvalue weighted by Crippen LogP contribution is 2.29. The van der Waals surface area contributed by atoms with Gasteiger partial charge in [0.05, 0.1) is 18.1 Å². The van der Waals surface area contributed by atoms with Crippen LogP contribution in [0.4, 0.5) is 10.2 Å². The summed E-state index contributed by atoms with van der Waals surface area (Å²) in [6, 6.07) is 2.67. The van der Waals surface area contributed by atoms with E-state index in [0.29, 0.717) is 35.0 Å². The van der Waals surface area contributed by atoms with Crippen LogP contribution in [0.3, 0.4) is 0 Å². The Balaban J connectivity index is 1.30. The van der Waals surface area contributed by atoms with E-state index in [1.807, 2.05) is 19.2 Å². The molecule has 0 amide bonds. The zero-order valence-corrected chi connectivity index (χ0v) is 21.6. The molecule has 36 heavy (non-hydrogen) atoms. The first-order valence-corrected chi connectivity index (χ1v) is 12.8. The molecule has 2 fully saturated rings. The second-order valence-corrected chi connectivity index (χ2v) is 10.4. The lowest BCUT2D eigenvalue weighted by atomic mass is 9.96. The van der Waals surface area contributed by atoms with Gasteiger partial charge in [-0.25, -0.2) is 14.4 Å². The number of pyridine rings is 1. The molecule has 5 rings (SSSR count). The van der Waals surface area contributed by atoms with E-state index >= 15 is 0 Å². The van der Waals surface area contributed by atoms with Crippen molar-refractivity contribution in [1.82, 2.24) is 30.7 Å². The maximum absolute atomic E-state index is 14.9. The van der Waals surface area contributed by atoms with Crippen molar-refractivity contribution in [1.29, 1.82) is 0 Å². The molecule has 3 atom stereocenters. The normalized spacial score (nSPS) is 26.2. The minimum atomic E-state index is -0.394. The third kappa shape index (κ3) is 4.90. The maximum atomic E-state index is 14.9. The Kier molecular flexibility index (Phi) is 6.85. The number of likely N-dealkylation sites (tertiary alicyclic amines) is 1. The quantitative estimate of drug-likeness (QED) is 0.436. The summed E-state index contributed by atoms with van der Waals surface area (Å²) in [5.74, 6) is 1.54. The predicted molar refractivity (Wildman–Crippen MR) is 144 cm³/mol. The van der Waals surface area contributed by atoms with E-state index < -0.39 is 5.82 Å². The fourth-order valence-electron chi connectivity index (χ4n) is 5.59. The van der Waals surface area contributed by atoms with Gasteiger partial charge < -0.3 is 26.2 Å². The van der Waals surface area contributed by atoms with Gasteiger partial charge in [-0.3, -0.25) is 4.90 Å². The zero-order chi connectivity index (χ0) is 25.4. The lowest BCUT2D eigenvalue weighted by molar-refractivity contribution is 0.233. The minimum Gasteiger partial charge on any atom is -0.367 e. The Morgan fingerprint density at radius 1 is 1.36 bits per heavy atom. The Labute approximate surface area is 213 Å². The smallest absolute Gasteiger partial charge is 0.201 e. The summed E-state index contributed by atoms with van der Waals surface area (Å²) in [5, 5.41) is 13.5. The molecule has 0 bridgehead atoms. The molecule has 8 nitrogen and oxygen atoms in total. The van der Waals surface area contributed by atoms with Crippen LogP contribution < -0.4 is 21.3 Å². The largest absolute Gasteiger partial charge is 0.367 e. The standard InChI is InChI=1S/C27H37FN8/c1-6-20(7-25-17(4)33-18(5)36(25)16(2)3)22-8-26(30-12-23(22)28)34-27-31-9-19(10-32-27)13-35-14-21-11-29-24(21)15-35/h6-9,12,16,18,21,24,29,33H,1,10-11,13-15H2,2-5H3,(H2,30,31,32,34)/b20-7+/t18?,21-,24+/m0/s1. The lowest BCUT2D eigenvalue weighted by Crippen LogP contribution is -2.51. The van der Waals surface area contributed by atoms with Gasteiger partial charge in [0.15, 0.2) is 0 Å². The molecule has 9 heteroatoms. The number of anilines is 1. The van der Waals surface area contributed by atoms with Crippen molar-refractivity contribution in [3.8, 4) is 0 Å². The average molecular weight is 493 g/mol. The van der Waals surface area contributed by atoms with E-state index in [0.717, 1.165) is 50.0 Å². The van der Waals surface area contributed by atoms with Gasteiger partial charge in [0.25, 0.3) is 0 Å². The summed E-state index contributed by atoms with van der Waals surface area (Å²) in [6.45, 7) is 17.5. The highest BCUT2D eigenvalue weighted by molar-refractivity contribution is 5.94. The summed E-state index contributed by atoms with van der Waals surface area (Å²) in [5.41, 5.74) is 4.49. The number of aromatic nitrogens is 1. The lowest BCUT2D eigenvalue weighted by Gasteiger charge is -2.30. The molecule has 4 N–H and O–H groups in total. The van der Waals surface area contributed by atoms with Crippen LogP contribution in [-0.4, -0.2) is 71.7 Å². The molecule has 1 unspecified atom stereocenters. The van der Waals surface area contributed by atoms with Crippen molar-refractivity contribution in [3.05, 3.63) is 65.5 Å². The highest BCUT2D eigenvalue weighted by Gasteiger charge is 2.38. The number of nitrogens with one attached hydrogen (secondary N) is 4. The second-order valence-electron chi connectivity index (χ2n) is 10.4. The summed E-state index contributed by atoms with van der Waals surface area (Å²) < 4.78 is 14.9. The second kappa shape index (κ2) is 10.1. The average Bonchev–Trinajstić information content (AvgIpc) is 3.28. The van der Waals surface area contributed by atoms with Crippen LogP contribution in [-0.2, 0) is 0 Å². The minimum absolute atomic E-state index is 0.174. The number of halogens is 1. The molecule has 4 aliphatic rings. The van der Waals surface area contributed by atoms with E-state index in [-0.39, 0.29) is 6.17 Å². The maximum Gasteiger partial charge on any atom is 0.201 e. The van der Waals surface area contributed by atoms with Crippen LogP contribution in [0.15, 0.2) is 59.2 Å².